The number of piperidine rings is 1. The third kappa shape index (κ3) is 3.44. The average molecular weight is 263 g/mol. The molecule has 5 nitrogen and oxygen atoms in total. The molecule has 1 aromatic heterocycles. The van der Waals surface area contributed by atoms with Gasteiger partial charge in [0.1, 0.15) is 5.56 Å². The van der Waals surface area contributed by atoms with Crippen LogP contribution in [0.4, 0.5) is 0 Å². The number of likely N-dealkylation sites (N-methyl/N-ethyl adjacent to an activating group) is 1. The molecule has 1 aliphatic heterocycles. The van der Waals surface area contributed by atoms with Crippen molar-refractivity contribution in [3.63, 3.8) is 0 Å². The number of pyridine rings is 1. The van der Waals surface area contributed by atoms with Crippen LogP contribution >= 0.6 is 0 Å². The second kappa shape index (κ2) is 6.02. The number of carbonyl (C=O) groups is 1. The standard InChI is InChI=1S/C14H21N3O2/c1-10-6-7-12(13(18)16-10)14(19)17(2)9-11-5-3-4-8-15-11/h6-7,11,15H,3-5,8-9H2,1-2H3,(H,16,18). The Bertz CT molecular complexity index is 504. The molecular weight excluding hydrogens is 242 g/mol. The quantitative estimate of drug-likeness (QED) is 0.851. The third-order valence-electron chi connectivity index (χ3n) is 3.54. The lowest BCUT2D eigenvalue weighted by atomic mass is 10.0. The SMILES string of the molecule is Cc1ccc(C(=O)N(C)CC2CCCCN2)c(=O)[nH]1. The van der Waals surface area contributed by atoms with Crippen LogP contribution in [0.2, 0.25) is 0 Å². The molecular formula is C14H21N3O2. The van der Waals surface area contributed by atoms with Gasteiger partial charge < -0.3 is 15.2 Å². The number of carbonyl (C=O) groups excluding carboxylic acids is 1. The van der Waals surface area contributed by atoms with Gasteiger partial charge in [0.05, 0.1) is 0 Å². The molecule has 2 rings (SSSR count). The molecule has 1 saturated heterocycles. The number of H-pyrrole nitrogens is 1. The number of nitrogens with one attached hydrogen (secondary N) is 2. The van der Waals surface area contributed by atoms with Gasteiger partial charge in [0.2, 0.25) is 0 Å². The van der Waals surface area contributed by atoms with E-state index in [9.17, 15) is 9.59 Å². The number of hydrogen-bond donors (Lipinski definition) is 2. The number of amides is 1. The Morgan fingerprint density at radius 2 is 2.21 bits per heavy atom. The van der Waals surface area contributed by atoms with Crippen LogP contribution in [0.5, 0.6) is 0 Å². The maximum Gasteiger partial charge on any atom is 0.260 e. The molecule has 0 spiro atoms. The van der Waals surface area contributed by atoms with Gasteiger partial charge in [0.15, 0.2) is 0 Å². The zero-order chi connectivity index (χ0) is 13.8. The highest BCUT2D eigenvalue weighted by Gasteiger charge is 2.20. The first-order valence-corrected chi connectivity index (χ1v) is 6.76. The van der Waals surface area contributed by atoms with E-state index in [4.69, 9.17) is 0 Å². The second-order valence-electron chi connectivity index (χ2n) is 5.22. The number of rotatable bonds is 3. The van der Waals surface area contributed by atoms with Gasteiger partial charge in [0, 0.05) is 25.3 Å². The molecule has 2 heterocycles. The van der Waals surface area contributed by atoms with Gasteiger partial charge in [-0.15, -0.1) is 0 Å². The number of hydrogen-bond acceptors (Lipinski definition) is 3. The van der Waals surface area contributed by atoms with Gasteiger partial charge in [-0.2, -0.15) is 0 Å². The van der Waals surface area contributed by atoms with E-state index in [1.165, 1.54) is 12.8 Å². The van der Waals surface area contributed by atoms with Crippen molar-refractivity contribution in [1.29, 1.82) is 0 Å². The first-order chi connectivity index (χ1) is 9.08. The van der Waals surface area contributed by atoms with Crippen LogP contribution < -0.4 is 10.9 Å². The molecule has 0 saturated carbocycles. The van der Waals surface area contributed by atoms with Crippen LogP contribution in [0.3, 0.4) is 0 Å². The zero-order valence-electron chi connectivity index (χ0n) is 11.5. The summed E-state index contributed by atoms with van der Waals surface area (Å²) >= 11 is 0. The smallest absolute Gasteiger partial charge is 0.260 e. The van der Waals surface area contributed by atoms with E-state index in [1.54, 1.807) is 31.0 Å². The van der Waals surface area contributed by atoms with E-state index in [0.29, 0.717) is 12.6 Å². The normalized spacial score (nSPS) is 19.2. The molecule has 1 aromatic rings. The van der Waals surface area contributed by atoms with Gasteiger partial charge in [0.25, 0.3) is 11.5 Å². The number of aromatic amines is 1. The monoisotopic (exact) mass is 263 g/mol. The van der Waals surface area contributed by atoms with E-state index in [-0.39, 0.29) is 17.0 Å². The maximum atomic E-state index is 12.2. The predicted octanol–water partition coefficient (Wildman–Crippen LogP) is 0.897. The van der Waals surface area contributed by atoms with E-state index >= 15 is 0 Å². The number of aromatic nitrogens is 1. The first-order valence-electron chi connectivity index (χ1n) is 6.76. The summed E-state index contributed by atoms with van der Waals surface area (Å²) in [6, 6.07) is 3.69. The number of aryl methyl sites for hydroxylation is 1. The van der Waals surface area contributed by atoms with Crippen molar-refractivity contribution in [1.82, 2.24) is 15.2 Å². The van der Waals surface area contributed by atoms with Crippen molar-refractivity contribution in [2.75, 3.05) is 20.1 Å². The third-order valence-corrected chi connectivity index (χ3v) is 3.54. The summed E-state index contributed by atoms with van der Waals surface area (Å²) in [5.41, 5.74) is 0.663. The van der Waals surface area contributed by atoms with Crippen LogP contribution in [-0.4, -0.2) is 42.0 Å². The molecule has 1 atom stereocenters. The molecule has 2 N–H and O–H groups in total. The van der Waals surface area contributed by atoms with Crippen LogP contribution in [0.15, 0.2) is 16.9 Å². The summed E-state index contributed by atoms with van der Waals surface area (Å²) in [5.74, 6) is -0.214. The topological polar surface area (TPSA) is 65.2 Å². The van der Waals surface area contributed by atoms with Crippen molar-refractivity contribution in [3.05, 3.63) is 33.7 Å². The summed E-state index contributed by atoms with van der Waals surface area (Å²) in [6.45, 7) is 3.45. The summed E-state index contributed by atoms with van der Waals surface area (Å²) < 4.78 is 0. The van der Waals surface area contributed by atoms with Gasteiger partial charge in [-0.05, 0) is 38.4 Å². The predicted molar refractivity (Wildman–Crippen MR) is 74.4 cm³/mol. The lowest BCUT2D eigenvalue weighted by molar-refractivity contribution is 0.0773. The van der Waals surface area contributed by atoms with Crippen LogP contribution in [0.25, 0.3) is 0 Å². The lowest BCUT2D eigenvalue weighted by Crippen LogP contribution is -2.45. The molecule has 0 radical (unpaired) electrons. The van der Waals surface area contributed by atoms with Gasteiger partial charge in [-0.1, -0.05) is 6.42 Å². The van der Waals surface area contributed by atoms with Crippen molar-refractivity contribution >= 4 is 5.91 Å². The fourth-order valence-corrected chi connectivity index (χ4v) is 2.44. The van der Waals surface area contributed by atoms with E-state index in [2.05, 4.69) is 10.3 Å². The second-order valence-corrected chi connectivity index (χ2v) is 5.22. The van der Waals surface area contributed by atoms with Gasteiger partial charge >= 0.3 is 0 Å². The van der Waals surface area contributed by atoms with E-state index < -0.39 is 0 Å². The highest BCUT2D eigenvalue weighted by Crippen LogP contribution is 2.09. The van der Waals surface area contributed by atoms with Crippen LogP contribution in [-0.2, 0) is 0 Å². The first kappa shape index (κ1) is 13.8. The van der Waals surface area contributed by atoms with Crippen molar-refractivity contribution in [3.8, 4) is 0 Å². The molecule has 0 aliphatic carbocycles. The van der Waals surface area contributed by atoms with Crippen LogP contribution in [0.1, 0.15) is 35.3 Å². The van der Waals surface area contributed by atoms with E-state index in [1.807, 2.05) is 0 Å². The molecule has 1 amide bonds. The molecule has 104 valence electrons. The Morgan fingerprint density at radius 1 is 1.42 bits per heavy atom. The van der Waals surface area contributed by atoms with Crippen molar-refractivity contribution in [2.45, 2.75) is 32.2 Å². The molecule has 0 bridgehead atoms. The average Bonchev–Trinajstić information content (AvgIpc) is 2.39. The largest absolute Gasteiger partial charge is 0.340 e. The molecule has 1 unspecified atom stereocenters. The minimum atomic E-state index is -0.312. The number of nitrogens with zero attached hydrogens (tertiary/aromatic N) is 1. The van der Waals surface area contributed by atoms with Crippen molar-refractivity contribution < 1.29 is 4.79 Å². The molecule has 19 heavy (non-hydrogen) atoms. The van der Waals surface area contributed by atoms with Gasteiger partial charge in [-0.25, -0.2) is 0 Å². The Balaban J connectivity index is 2.03. The summed E-state index contributed by atoms with van der Waals surface area (Å²) in [4.78, 5) is 28.3. The Kier molecular flexibility index (Phi) is 4.37. The zero-order valence-corrected chi connectivity index (χ0v) is 11.5. The fraction of sp³-hybridized carbons (Fsp3) is 0.571. The Hall–Kier alpha value is -1.62. The Labute approximate surface area is 113 Å². The molecule has 1 fully saturated rings. The summed E-state index contributed by atoms with van der Waals surface area (Å²) in [5, 5.41) is 3.40. The molecule has 1 aliphatic rings. The van der Waals surface area contributed by atoms with Crippen LogP contribution in [0, 0.1) is 6.92 Å². The highest BCUT2D eigenvalue weighted by atomic mass is 16.2. The Morgan fingerprint density at radius 3 is 2.84 bits per heavy atom. The summed E-state index contributed by atoms with van der Waals surface area (Å²) in [6.07, 6.45) is 3.48. The fourth-order valence-electron chi connectivity index (χ4n) is 2.44. The summed E-state index contributed by atoms with van der Waals surface area (Å²) in [7, 11) is 1.75. The maximum absolute atomic E-state index is 12.2. The highest BCUT2D eigenvalue weighted by molar-refractivity contribution is 5.93. The molecule has 0 aromatic carbocycles. The van der Waals surface area contributed by atoms with Crippen molar-refractivity contribution in [2.24, 2.45) is 0 Å². The minimum absolute atomic E-state index is 0.212. The van der Waals surface area contributed by atoms with E-state index in [0.717, 1.165) is 18.7 Å². The minimum Gasteiger partial charge on any atom is -0.340 e. The van der Waals surface area contributed by atoms with Gasteiger partial charge in [-0.3, -0.25) is 9.59 Å². The lowest BCUT2D eigenvalue weighted by Gasteiger charge is -2.28. The molecule has 5 heteroatoms.